The highest BCUT2D eigenvalue weighted by Gasteiger charge is 2.23. The van der Waals surface area contributed by atoms with Crippen molar-refractivity contribution in [3.05, 3.63) is 54.0 Å². The first-order valence-electron chi connectivity index (χ1n) is 11.2. The third kappa shape index (κ3) is 5.77. The van der Waals surface area contributed by atoms with E-state index in [-0.39, 0.29) is 17.5 Å². The molecule has 4 rings (SSSR count). The van der Waals surface area contributed by atoms with Gasteiger partial charge in [-0.3, -0.25) is 9.48 Å². The van der Waals surface area contributed by atoms with Crippen LogP contribution in [-0.4, -0.2) is 38.4 Å². The quantitative estimate of drug-likeness (QED) is 0.461. The van der Waals surface area contributed by atoms with E-state index in [1.54, 1.807) is 29.8 Å². The number of carbonyl (C=O) groups excluding carboxylic acids is 1. The minimum Gasteiger partial charge on any atom is -0.321 e. The fourth-order valence-electron chi connectivity index (χ4n) is 4.05. The Hall–Kier alpha value is -3.94. The summed E-state index contributed by atoms with van der Waals surface area (Å²) in [4.78, 5) is 20.8. The fraction of sp³-hybridized carbons (Fsp3) is 0.375. The van der Waals surface area contributed by atoms with Crippen LogP contribution >= 0.6 is 0 Å². The third-order valence-electron chi connectivity index (χ3n) is 5.99. The Morgan fingerprint density at radius 1 is 1.14 bits per heavy atom. The van der Waals surface area contributed by atoms with Crippen LogP contribution in [0.1, 0.15) is 47.6 Å². The van der Waals surface area contributed by atoms with Gasteiger partial charge in [-0.05, 0) is 50.3 Å². The molecule has 2 aromatic heterocycles. The van der Waals surface area contributed by atoms with Crippen molar-refractivity contribution >= 4 is 17.5 Å². The van der Waals surface area contributed by atoms with Gasteiger partial charge in [0.25, 0.3) is 12.3 Å². The van der Waals surface area contributed by atoms with Gasteiger partial charge in [0.15, 0.2) is 0 Å². The molecule has 35 heavy (non-hydrogen) atoms. The zero-order valence-corrected chi connectivity index (χ0v) is 19.0. The first-order valence-corrected chi connectivity index (χ1v) is 11.2. The number of carbonyl (C=O) groups is 1. The van der Waals surface area contributed by atoms with Crippen molar-refractivity contribution < 1.29 is 18.0 Å². The summed E-state index contributed by atoms with van der Waals surface area (Å²) < 4.78 is 39.7. The molecule has 0 spiro atoms. The number of benzene rings is 1. The lowest BCUT2D eigenvalue weighted by atomic mass is 9.87. The Bertz CT molecular complexity index is 1210. The molecule has 2 N–H and O–H groups in total. The van der Waals surface area contributed by atoms with Crippen LogP contribution in [0.15, 0.2) is 42.9 Å². The van der Waals surface area contributed by atoms with Gasteiger partial charge in [-0.1, -0.05) is 12.1 Å². The van der Waals surface area contributed by atoms with Gasteiger partial charge in [0.2, 0.25) is 12.2 Å². The Morgan fingerprint density at radius 3 is 2.51 bits per heavy atom. The Morgan fingerprint density at radius 2 is 1.86 bits per heavy atom. The highest BCUT2D eigenvalue weighted by atomic mass is 19.3. The summed E-state index contributed by atoms with van der Waals surface area (Å²) in [5.41, 5.74) is 2.87. The van der Waals surface area contributed by atoms with Crippen molar-refractivity contribution in [1.82, 2.24) is 25.1 Å². The zero-order valence-electron chi connectivity index (χ0n) is 19.0. The molecule has 1 amide bonds. The summed E-state index contributed by atoms with van der Waals surface area (Å²) in [6.07, 6.45) is 2.80. The lowest BCUT2D eigenvalue weighted by Crippen LogP contribution is -2.36. The van der Waals surface area contributed by atoms with Gasteiger partial charge >= 0.3 is 0 Å². The summed E-state index contributed by atoms with van der Waals surface area (Å²) >= 11 is 0. The summed E-state index contributed by atoms with van der Waals surface area (Å²) in [7, 11) is 0. The zero-order chi connectivity index (χ0) is 24.9. The van der Waals surface area contributed by atoms with Gasteiger partial charge in [0, 0.05) is 29.4 Å². The van der Waals surface area contributed by atoms with Crippen LogP contribution in [0.2, 0.25) is 0 Å². The standard InChI is InChI=1S/C24H24F3N7O/c1-14-11-29-24(31-18-12-30-34(13-18)19-8-2-15(10-28)3-9-19)32-20(14)16-4-6-17(7-5-16)23(35)33-22(27)21(25)26/h4-7,11-13,15,19,21-22H,2-3,8-9H2,1H3,(H,33,35)(H,29,31,32). The lowest BCUT2D eigenvalue weighted by Gasteiger charge is -2.24. The number of aryl methyl sites for hydroxylation is 1. The predicted octanol–water partition coefficient (Wildman–Crippen LogP) is 4.94. The molecule has 0 radical (unpaired) electrons. The number of anilines is 2. The lowest BCUT2D eigenvalue weighted by molar-refractivity contribution is 0.0287. The van der Waals surface area contributed by atoms with Crippen LogP contribution < -0.4 is 10.6 Å². The van der Waals surface area contributed by atoms with Crippen LogP contribution in [0.4, 0.5) is 24.8 Å². The van der Waals surface area contributed by atoms with E-state index < -0.39 is 18.6 Å². The van der Waals surface area contributed by atoms with Crippen molar-refractivity contribution in [2.45, 2.75) is 51.4 Å². The molecule has 0 aliphatic heterocycles. The Balaban J connectivity index is 1.45. The number of alkyl halides is 3. The largest absolute Gasteiger partial charge is 0.321 e. The molecule has 1 unspecified atom stereocenters. The third-order valence-corrected chi connectivity index (χ3v) is 5.99. The molecule has 1 aromatic carbocycles. The van der Waals surface area contributed by atoms with Gasteiger partial charge in [0.1, 0.15) is 0 Å². The molecule has 8 nitrogen and oxygen atoms in total. The minimum atomic E-state index is -3.29. The minimum absolute atomic E-state index is 0.0540. The molecule has 3 aromatic rings. The van der Waals surface area contributed by atoms with Crippen molar-refractivity contribution in [3.8, 4) is 17.3 Å². The summed E-state index contributed by atoms with van der Waals surface area (Å²) in [6.45, 7) is 1.84. The molecule has 2 heterocycles. The van der Waals surface area contributed by atoms with Gasteiger partial charge < -0.3 is 10.6 Å². The van der Waals surface area contributed by atoms with Crippen molar-refractivity contribution in [2.24, 2.45) is 5.92 Å². The highest BCUT2D eigenvalue weighted by Crippen LogP contribution is 2.32. The Labute approximate surface area is 200 Å². The average molecular weight is 483 g/mol. The second-order valence-corrected chi connectivity index (χ2v) is 8.48. The van der Waals surface area contributed by atoms with E-state index in [0.717, 1.165) is 36.9 Å². The molecule has 1 aliphatic carbocycles. The molecule has 1 aliphatic rings. The van der Waals surface area contributed by atoms with Gasteiger partial charge in [-0.2, -0.15) is 10.4 Å². The molecule has 0 saturated heterocycles. The molecular weight excluding hydrogens is 459 g/mol. The van der Waals surface area contributed by atoms with E-state index in [1.165, 1.54) is 12.1 Å². The second-order valence-electron chi connectivity index (χ2n) is 8.48. The first kappa shape index (κ1) is 24.2. The van der Waals surface area contributed by atoms with Gasteiger partial charge in [-0.15, -0.1) is 0 Å². The topological polar surface area (TPSA) is 109 Å². The number of hydrogen-bond donors (Lipinski definition) is 2. The molecule has 1 saturated carbocycles. The molecule has 0 bridgehead atoms. The van der Waals surface area contributed by atoms with Crippen molar-refractivity contribution in [1.29, 1.82) is 5.26 Å². The number of rotatable bonds is 7. The van der Waals surface area contributed by atoms with Crippen LogP contribution in [-0.2, 0) is 0 Å². The molecule has 1 fully saturated rings. The molecule has 11 heteroatoms. The number of nitriles is 1. The van der Waals surface area contributed by atoms with Crippen LogP contribution in [0.3, 0.4) is 0 Å². The number of nitrogens with one attached hydrogen (secondary N) is 2. The number of nitrogens with zero attached hydrogens (tertiary/aromatic N) is 5. The SMILES string of the molecule is Cc1cnc(Nc2cnn(C3CCC(C#N)CC3)c2)nc1-c1ccc(C(=O)NC(F)C(F)F)cc1. The van der Waals surface area contributed by atoms with Crippen LogP contribution in [0.5, 0.6) is 0 Å². The summed E-state index contributed by atoms with van der Waals surface area (Å²) in [5, 5.41) is 18.3. The van der Waals surface area contributed by atoms with E-state index in [9.17, 15) is 18.0 Å². The smallest absolute Gasteiger partial charge is 0.287 e. The normalized spacial score (nSPS) is 18.6. The fourth-order valence-corrected chi connectivity index (χ4v) is 4.05. The highest BCUT2D eigenvalue weighted by molar-refractivity contribution is 5.94. The summed E-state index contributed by atoms with van der Waals surface area (Å²) in [6, 6.07) is 8.65. The van der Waals surface area contributed by atoms with Crippen LogP contribution in [0.25, 0.3) is 11.3 Å². The van der Waals surface area contributed by atoms with Gasteiger partial charge in [-0.25, -0.2) is 23.1 Å². The monoisotopic (exact) mass is 483 g/mol. The van der Waals surface area contributed by atoms with Gasteiger partial charge in [0.05, 0.1) is 29.7 Å². The average Bonchev–Trinajstić information content (AvgIpc) is 3.33. The maximum Gasteiger partial charge on any atom is 0.287 e. The summed E-state index contributed by atoms with van der Waals surface area (Å²) in [5.74, 6) is -0.443. The number of amides is 1. The number of aromatic nitrogens is 4. The molecule has 182 valence electrons. The molecule has 1 atom stereocenters. The van der Waals surface area contributed by atoms with Crippen molar-refractivity contribution in [2.75, 3.05) is 5.32 Å². The van der Waals surface area contributed by atoms with E-state index in [1.807, 2.05) is 17.8 Å². The van der Waals surface area contributed by atoms with E-state index in [0.29, 0.717) is 17.2 Å². The van der Waals surface area contributed by atoms with Crippen LogP contribution in [0, 0.1) is 24.2 Å². The molecular formula is C24H24F3N7O. The maximum absolute atomic E-state index is 13.1. The second kappa shape index (κ2) is 10.5. The Kier molecular flexibility index (Phi) is 7.29. The van der Waals surface area contributed by atoms with E-state index in [2.05, 4.69) is 26.5 Å². The van der Waals surface area contributed by atoms with Crippen molar-refractivity contribution in [3.63, 3.8) is 0 Å². The predicted molar refractivity (Wildman–Crippen MR) is 123 cm³/mol. The van der Waals surface area contributed by atoms with E-state index >= 15 is 0 Å². The number of hydrogen-bond acceptors (Lipinski definition) is 6. The number of halogens is 3. The van der Waals surface area contributed by atoms with E-state index in [4.69, 9.17) is 5.26 Å². The maximum atomic E-state index is 13.1. The first-order chi connectivity index (χ1) is 16.8.